The van der Waals surface area contributed by atoms with E-state index in [1.165, 1.54) is 0 Å². The van der Waals surface area contributed by atoms with E-state index in [2.05, 4.69) is 5.10 Å². The maximum Gasteiger partial charge on any atom is 0.120 e. The Balaban J connectivity index is 2.14. The molecule has 0 amide bonds. The van der Waals surface area contributed by atoms with Crippen LogP contribution in [-0.4, -0.2) is 27.6 Å². The lowest BCUT2D eigenvalue weighted by Crippen LogP contribution is -2.05. The Bertz CT molecular complexity index is 520. The summed E-state index contributed by atoms with van der Waals surface area (Å²) in [6, 6.07) is 8.01. The van der Waals surface area contributed by atoms with Gasteiger partial charge in [0.2, 0.25) is 0 Å². The van der Waals surface area contributed by atoms with Gasteiger partial charge in [-0.05, 0) is 38.0 Å². The zero-order valence-electron chi connectivity index (χ0n) is 11.4. The zero-order chi connectivity index (χ0) is 13.7. The maximum absolute atomic E-state index is 8.81. The molecule has 0 aliphatic rings. The summed E-state index contributed by atoms with van der Waals surface area (Å²) in [5.41, 5.74) is 2.15. The van der Waals surface area contributed by atoms with Crippen LogP contribution in [0.4, 0.5) is 0 Å². The topological polar surface area (TPSA) is 47.3 Å². The van der Waals surface area contributed by atoms with Gasteiger partial charge in [-0.25, -0.2) is 0 Å². The Hall–Kier alpha value is -1.81. The molecule has 0 atom stereocenters. The number of hydrogen-bond donors (Lipinski definition) is 1. The molecule has 0 saturated carbocycles. The SMILES string of the molecule is CC(C)Oc1cccc(-c2cnn(CCCO)c2)c1. The highest BCUT2D eigenvalue weighted by atomic mass is 16.5. The Kier molecular flexibility index (Phi) is 4.58. The molecular weight excluding hydrogens is 240 g/mol. The molecule has 1 aromatic carbocycles. The molecule has 0 aliphatic carbocycles. The summed E-state index contributed by atoms with van der Waals surface area (Å²) in [4.78, 5) is 0. The fraction of sp³-hybridized carbons (Fsp3) is 0.400. The Labute approximate surface area is 113 Å². The molecule has 0 fully saturated rings. The van der Waals surface area contributed by atoms with Crippen LogP contribution in [0.15, 0.2) is 36.7 Å². The molecule has 0 unspecified atom stereocenters. The van der Waals surface area contributed by atoms with Crippen LogP contribution in [0.5, 0.6) is 5.75 Å². The monoisotopic (exact) mass is 260 g/mol. The molecule has 0 radical (unpaired) electrons. The first kappa shape index (κ1) is 13.6. The van der Waals surface area contributed by atoms with E-state index in [1.807, 2.05) is 55.2 Å². The number of hydrogen-bond acceptors (Lipinski definition) is 3. The average molecular weight is 260 g/mol. The molecule has 19 heavy (non-hydrogen) atoms. The van der Waals surface area contributed by atoms with Crippen LogP contribution in [0.2, 0.25) is 0 Å². The molecule has 4 heteroatoms. The molecule has 1 N–H and O–H groups in total. The van der Waals surface area contributed by atoms with E-state index in [1.54, 1.807) is 0 Å². The lowest BCUT2D eigenvalue weighted by Gasteiger charge is -2.10. The van der Waals surface area contributed by atoms with Gasteiger partial charge in [0.1, 0.15) is 5.75 Å². The van der Waals surface area contributed by atoms with Gasteiger partial charge in [0.15, 0.2) is 0 Å². The maximum atomic E-state index is 8.81. The Morgan fingerprint density at radius 3 is 2.89 bits per heavy atom. The third kappa shape index (κ3) is 3.83. The highest BCUT2D eigenvalue weighted by Gasteiger charge is 2.04. The normalized spacial score (nSPS) is 10.9. The van der Waals surface area contributed by atoms with Gasteiger partial charge in [-0.15, -0.1) is 0 Å². The van der Waals surface area contributed by atoms with Crippen LogP contribution in [0.25, 0.3) is 11.1 Å². The Morgan fingerprint density at radius 1 is 1.32 bits per heavy atom. The van der Waals surface area contributed by atoms with Crippen LogP contribution < -0.4 is 4.74 Å². The van der Waals surface area contributed by atoms with E-state index in [9.17, 15) is 0 Å². The number of aliphatic hydroxyl groups excluding tert-OH is 1. The van der Waals surface area contributed by atoms with E-state index in [0.717, 1.165) is 29.8 Å². The second-order valence-electron chi connectivity index (χ2n) is 4.76. The summed E-state index contributed by atoms with van der Waals surface area (Å²) in [5, 5.41) is 13.1. The van der Waals surface area contributed by atoms with Gasteiger partial charge in [0.25, 0.3) is 0 Å². The number of aliphatic hydroxyl groups is 1. The molecule has 102 valence electrons. The van der Waals surface area contributed by atoms with Crippen molar-refractivity contribution in [2.24, 2.45) is 0 Å². The highest BCUT2D eigenvalue weighted by molar-refractivity contribution is 5.63. The van der Waals surface area contributed by atoms with E-state index in [-0.39, 0.29) is 12.7 Å². The standard InChI is InChI=1S/C15H20N2O2/c1-12(2)19-15-6-3-5-13(9-15)14-10-16-17(11-14)7-4-8-18/h3,5-6,9-12,18H,4,7-8H2,1-2H3. The third-order valence-corrected chi connectivity index (χ3v) is 2.72. The summed E-state index contributed by atoms with van der Waals surface area (Å²) in [6.07, 6.45) is 4.72. The lowest BCUT2D eigenvalue weighted by molar-refractivity contribution is 0.242. The minimum Gasteiger partial charge on any atom is -0.491 e. The van der Waals surface area contributed by atoms with Crippen molar-refractivity contribution in [3.8, 4) is 16.9 Å². The number of benzene rings is 1. The fourth-order valence-electron chi connectivity index (χ4n) is 1.89. The van der Waals surface area contributed by atoms with Crippen molar-refractivity contribution in [3.63, 3.8) is 0 Å². The molecule has 0 saturated heterocycles. The van der Waals surface area contributed by atoms with E-state index < -0.39 is 0 Å². The van der Waals surface area contributed by atoms with Gasteiger partial charge in [-0.2, -0.15) is 5.10 Å². The molecule has 2 aromatic rings. The van der Waals surface area contributed by atoms with Gasteiger partial charge in [-0.1, -0.05) is 12.1 Å². The van der Waals surface area contributed by atoms with E-state index in [0.29, 0.717) is 0 Å². The average Bonchev–Trinajstić information content (AvgIpc) is 2.84. The van der Waals surface area contributed by atoms with Crippen molar-refractivity contribution >= 4 is 0 Å². The number of aromatic nitrogens is 2. The van der Waals surface area contributed by atoms with Gasteiger partial charge < -0.3 is 9.84 Å². The minimum absolute atomic E-state index is 0.169. The molecule has 0 bridgehead atoms. The highest BCUT2D eigenvalue weighted by Crippen LogP contribution is 2.24. The molecule has 1 aromatic heterocycles. The molecular formula is C15H20N2O2. The predicted molar refractivity (Wildman–Crippen MR) is 75.1 cm³/mol. The second kappa shape index (κ2) is 6.38. The van der Waals surface area contributed by atoms with Gasteiger partial charge >= 0.3 is 0 Å². The van der Waals surface area contributed by atoms with Crippen molar-refractivity contribution in [3.05, 3.63) is 36.7 Å². The molecule has 2 rings (SSSR count). The largest absolute Gasteiger partial charge is 0.491 e. The van der Waals surface area contributed by atoms with Crippen LogP contribution in [-0.2, 0) is 6.54 Å². The summed E-state index contributed by atoms with van der Waals surface area (Å²) in [5.74, 6) is 0.871. The van der Waals surface area contributed by atoms with Crippen LogP contribution in [0.3, 0.4) is 0 Å². The molecule has 4 nitrogen and oxygen atoms in total. The number of nitrogens with zero attached hydrogens (tertiary/aromatic N) is 2. The Morgan fingerprint density at radius 2 is 2.16 bits per heavy atom. The summed E-state index contributed by atoms with van der Waals surface area (Å²) in [7, 11) is 0. The van der Waals surface area contributed by atoms with Crippen molar-refractivity contribution < 1.29 is 9.84 Å². The number of aryl methyl sites for hydroxylation is 1. The van der Waals surface area contributed by atoms with Crippen LogP contribution >= 0.6 is 0 Å². The molecule has 0 spiro atoms. The van der Waals surface area contributed by atoms with Crippen LogP contribution in [0.1, 0.15) is 20.3 Å². The first-order valence-electron chi connectivity index (χ1n) is 6.59. The third-order valence-electron chi connectivity index (χ3n) is 2.72. The van der Waals surface area contributed by atoms with Gasteiger partial charge in [0, 0.05) is 24.9 Å². The molecule has 1 heterocycles. The number of rotatable bonds is 6. The van der Waals surface area contributed by atoms with E-state index in [4.69, 9.17) is 9.84 Å². The van der Waals surface area contributed by atoms with Crippen molar-refractivity contribution in [1.82, 2.24) is 9.78 Å². The van der Waals surface area contributed by atoms with Gasteiger partial charge in [-0.3, -0.25) is 4.68 Å². The van der Waals surface area contributed by atoms with Crippen molar-refractivity contribution in [1.29, 1.82) is 0 Å². The zero-order valence-corrected chi connectivity index (χ0v) is 11.4. The summed E-state index contributed by atoms with van der Waals surface area (Å²) < 4.78 is 7.54. The summed E-state index contributed by atoms with van der Waals surface area (Å²) in [6.45, 7) is 4.95. The van der Waals surface area contributed by atoms with Crippen molar-refractivity contribution in [2.45, 2.75) is 32.9 Å². The number of ether oxygens (including phenoxy) is 1. The second-order valence-corrected chi connectivity index (χ2v) is 4.76. The lowest BCUT2D eigenvalue weighted by atomic mass is 10.1. The summed E-state index contributed by atoms with van der Waals surface area (Å²) >= 11 is 0. The molecule has 0 aliphatic heterocycles. The van der Waals surface area contributed by atoms with Crippen LogP contribution in [0, 0.1) is 0 Å². The smallest absolute Gasteiger partial charge is 0.120 e. The fourth-order valence-corrected chi connectivity index (χ4v) is 1.89. The van der Waals surface area contributed by atoms with Gasteiger partial charge in [0.05, 0.1) is 12.3 Å². The first-order chi connectivity index (χ1) is 9.19. The van der Waals surface area contributed by atoms with Crippen molar-refractivity contribution in [2.75, 3.05) is 6.61 Å². The first-order valence-corrected chi connectivity index (χ1v) is 6.59. The quantitative estimate of drug-likeness (QED) is 0.868. The van der Waals surface area contributed by atoms with E-state index >= 15 is 0 Å². The minimum atomic E-state index is 0.169. The predicted octanol–water partition coefficient (Wildman–Crippen LogP) is 2.72.